The van der Waals surface area contributed by atoms with Crippen LogP contribution in [-0.4, -0.2) is 4.98 Å². The molecule has 0 aliphatic rings. The maximum absolute atomic E-state index is 4.71. The lowest BCUT2D eigenvalue weighted by Gasteiger charge is -2.12. The Kier molecular flexibility index (Phi) is 4.06. The maximum Gasteiger partial charge on any atom is 0.0705 e. The molecule has 22 heavy (non-hydrogen) atoms. The van der Waals surface area contributed by atoms with Crippen LogP contribution < -0.4 is 0 Å². The third-order valence-corrected chi connectivity index (χ3v) is 4.08. The van der Waals surface area contributed by atoms with E-state index in [0.29, 0.717) is 5.92 Å². The first kappa shape index (κ1) is 14.5. The van der Waals surface area contributed by atoms with Crippen LogP contribution in [0.5, 0.6) is 0 Å². The van der Waals surface area contributed by atoms with E-state index in [1.165, 1.54) is 27.8 Å². The zero-order valence-corrected chi connectivity index (χ0v) is 13.4. The maximum atomic E-state index is 4.71. The fourth-order valence-electron chi connectivity index (χ4n) is 2.84. The monoisotopic (exact) mass is 287 g/mol. The van der Waals surface area contributed by atoms with Gasteiger partial charge in [-0.2, -0.15) is 0 Å². The summed E-state index contributed by atoms with van der Waals surface area (Å²) < 4.78 is 0. The molecule has 1 heteroatoms. The highest BCUT2D eigenvalue weighted by Gasteiger charge is 2.09. The van der Waals surface area contributed by atoms with Gasteiger partial charge in [-0.3, -0.25) is 4.98 Å². The molecular weight excluding hydrogens is 266 g/mol. The van der Waals surface area contributed by atoms with Crippen molar-refractivity contribution in [2.75, 3.05) is 0 Å². The van der Waals surface area contributed by atoms with E-state index in [2.05, 4.69) is 81.4 Å². The quantitative estimate of drug-likeness (QED) is 0.589. The molecule has 110 valence electrons. The topological polar surface area (TPSA) is 12.9 Å². The van der Waals surface area contributed by atoms with Gasteiger partial charge in [0.25, 0.3) is 0 Å². The van der Waals surface area contributed by atoms with Crippen molar-refractivity contribution in [3.8, 4) is 22.4 Å². The molecule has 0 fully saturated rings. The minimum atomic E-state index is 0.494. The third-order valence-electron chi connectivity index (χ3n) is 4.08. The van der Waals surface area contributed by atoms with Gasteiger partial charge in [-0.05, 0) is 35.6 Å². The second-order valence-corrected chi connectivity index (χ2v) is 5.99. The largest absolute Gasteiger partial charge is 0.256 e. The molecule has 3 rings (SSSR count). The lowest BCUT2D eigenvalue weighted by atomic mass is 9.94. The van der Waals surface area contributed by atoms with Gasteiger partial charge in [0.2, 0.25) is 0 Å². The normalized spacial score (nSPS) is 10.9. The van der Waals surface area contributed by atoms with E-state index < -0.39 is 0 Å². The van der Waals surface area contributed by atoms with Gasteiger partial charge in [-0.15, -0.1) is 0 Å². The smallest absolute Gasteiger partial charge is 0.0705 e. The molecule has 0 saturated heterocycles. The molecule has 3 aromatic rings. The van der Waals surface area contributed by atoms with Crippen molar-refractivity contribution in [1.82, 2.24) is 4.98 Å². The van der Waals surface area contributed by atoms with Crippen LogP contribution in [0.15, 0.2) is 66.9 Å². The first-order chi connectivity index (χ1) is 10.7. The molecule has 1 heterocycles. The average Bonchev–Trinajstić information content (AvgIpc) is 2.55. The van der Waals surface area contributed by atoms with Crippen LogP contribution >= 0.6 is 0 Å². The van der Waals surface area contributed by atoms with Crippen LogP contribution in [0.25, 0.3) is 22.4 Å². The van der Waals surface area contributed by atoms with Crippen molar-refractivity contribution in [3.05, 3.63) is 78.0 Å². The van der Waals surface area contributed by atoms with E-state index in [0.717, 1.165) is 5.69 Å². The van der Waals surface area contributed by atoms with Gasteiger partial charge in [0, 0.05) is 17.3 Å². The molecule has 0 spiro atoms. The fourth-order valence-corrected chi connectivity index (χ4v) is 2.84. The third kappa shape index (κ3) is 2.80. The number of hydrogen-bond donors (Lipinski definition) is 0. The van der Waals surface area contributed by atoms with Gasteiger partial charge in [-0.1, -0.05) is 68.4 Å². The van der Waals surface area contributed by atoms with Crippen molar-refractivity contribution in [1.29, 1.82) is 0 Å². The Morgan fingerprint density at radius 3 is 2.09 bits per heavy atom. The van der Waals surface area contributed by atoms with Gasteiger partial charge < -0.3 is 0 Å². The standard InChI is InChI=1S/C21H21N/c1-15(2)18-9-6-7-11-20(18)21-13-12-17(14-22-21)19-10-5-4-8-16(19)3/h4-15H,1-3H3. The summed E-state index contributed by atoms with van der Waals surface area (Å²) in [6, 6.07) is 21.3. The number of aryl methyl sites for hydroxylation is 1. The second kappa shape index (κ2) is 6.15. The Morgan fingerprint density at radius 1 is 0.773 bits per heavy atom. The van der Waals surface area contributed by atoms with E-state index in [9.17, 15) is 0 Å². The molecule has 0 amide bonds. The number of pyridine rings is 1. The van der Waals surface area contributed by atoms with Gasteiger partial charge in [0.1, 0.15) is 0 Å². The number of nitrogens with zero attached hydrogens (tertiary/aromatic N) is 1. The number of benzene rings is 2. The number of rotatable bonds is 3. The second-order valence-electron chi connectivity index (χ2n) is 5.99. The molecule has 0 saturated carbocycles. The summed E-state index contributed by atoms with van der Waals surface area (Å²) in [6.07, 6.45) is 1.98. The summed E-state index contributed by atoms with van der Waals surface area (Å²) in [7, 11) is 0. The van der Waals surface area contributed by atoms with E-state index in [-0.39, 0.29) is 0 Å². The van der Waals surface area contributed by atoms with Crippen LogP contribution in [0.1, 0.15) is 30.9 Å². The van der Waals surface area contributed by atoms with Crippen molar-refractivity contribution >= 4 is 0 Å². The first-order valence-electron chi connectivity index (χ1n) is 7.78. The molecule has 0 bridgehead atoms. The first-order valence-corrected chi connectivity index (χ1v) is 7.78. The molecular formula is C21H21N. The van der Waals surface area contributed by atoms with Crippen molar-refractivity contribution in [3.63, 3.8) is 0 Å². The van der Waals surface area contributed by atoms with Crippen LogP contribution in [-0.2, 0) is 0 Å². The highest BCUT2D eigenvalue weighted by atomic mass is 14.7. The Balaban J connectivity index is 2.01. The Hall–Kier alpha value is -2.41. The van der Waals surface area contributed by atoms with Gasteiger partial charge in [0.15, 0.2) is 0 Å². The van der Waals surface area contributed by atoms with E-state index >= 15 is 0 Å². The highest BCUT2D eigenvalue weighted by molar-refractivity contribution is 5.70. The summed E-state index contributed by atoms with van der Waals surface area (Å²) >= 11 is 0. The molecule has 2 aromatic carbocycles. The summed E-state index contributed by atoms with van der Waals surface area (Å²) in [5.74, 6) is 0.494. The van der Waals surface area contributed by atoms with Crippen LogP contribution in [0.4, 0.5) is 0 Å². The van der Waals surface area contributed by atoms with Gasteiger partial charge >= 0.3 is 0 Å². The molecule has 1 nitrogen and oxygen atoms in total. The lowest BCUT2D eigenvalue weighted by Crippen LogP contribution is -1.94. The Labute approximate surface area is 132 Å². The predicted octanol–water partition coefficient (Wildman–Crippen LogP) is 5.85. The zero-order chi connectivity index (χ0) is 15.5. The van der Waals surface area contributed by atoms with Crippen LogP contribution in [0, 0.1) is 6.92 Å². The molecule has 0 unspecified atom stereocenters. The van der Waals surface area contributed by atoms with Gasteiger partial charge in [0.05, 0.1) is 5.69 Å². The SMILES string of the molecule is Cc1ccccc1-c1ccc(-c2ccccc2C(C)C)nc1. The zero-order valence-electron chi connectivity index (χ0n) is 13.4. The average molecular weight is 287 g/mol. The van der Waals surface area contributed by atoms with E-state index in [1.807, 2.05) is 6.20 Å². The number of hydrogen-bond acceptors (Lipinski definition) is 1. The molecule has 0 radical (unpaired) electrons. The van der Waals surface area contributed by atoms with Crippen molar-refractivity contribution in [2.24, 2.45) is 0 Å². The summed E-state index contributed by atoms with van der Waals surface area (Å²) in [5.41, 5.74) is 7.32. The van der Waals surface area contributed by atoms with E-state index in [4.69, 9.17) is 4.98 Å². The fraction of sp³-hybridized carbons (Fsp3) is 0.190. The van der Waals surface area contributed by atoms with E-state index in [1.54, 1.807) is 0 Å². The minimum absolute atomic E-state index is 0.494. The lowest BCUT2D eigenvalue weighted by molar-refractivity contribution is 0.868. The summed E-state index contributed by atoms with van der Waals surface area (Å²) in [5, 5.41) is 0. The molecule has 0 atom stereocenters. The molecule has 1 aromatic heterocycles. The molecule has 0 N–H and O–H groups in total. The Morgan fingerprint density at radius 2 is 1.45 bits per heavy atom. The van der Waals surface area contributed by atoms with Gasteiger partial charge in [-0.25, -0.2) is 0 Å². The van der Waals surface area contributed by atoms with Crippen LogP contribution in [0.3, 0.4) is 0 Å². The number of aromatic nitrogens is 1. The predicted molar refractivity (Wildman–Crippen MR) is 93.9 cm³/mol. The summed E-state index contributed by atoms with van der Waals surface area (Å²) in [6.45, 7) is 6.58. The Bertz CT molecular complexity index is 770. The van der Waals surface area contributed by atoms with Crippen molar-refractivity contribution < 1.29 is 0 Å². The van der Waals surface area contributed by atoms with Crippen molar-refractivity contribution in [2.45, 2.75) is 26.7 Å². The van der Waals surface area contributed by atoms with Crippen LogP contribution in [0.2, 0.25) is 0 Å². The molecule has 0 aliphatic carbocycles. The minimum Gasteiger partial charge on any atom is -0.256 e. The molecule has 0 aliphatic heterocycles. The highest BCUT2D eigenvalue weighted by Crippen LogP contribution is 2.29. The summed E-state index contributed by atoms with van der Waals surface area (Å²) in [4.78, 5) is 4.71.